The van der Waals surface area contributed by atoms with E-state index < -0.39 is 25.1 Å². The lowest BCUT2D eigenvalue weighted by atomic mass is 10.1. The zero-order valence-corrected chi connectivity index (χ0v) is 18.2. The van der Waals surface area contributed by atoms with Crippen LogP contribution < -0.4 is 19.5 Å². The van der Waals surface area contributed by atoms with Gasteiger partial charge in [-0.3, -0.25) is 9.59 Å². The molecule has 1 amide bonds. The highest BCUT2D eigenvalue weighted by molar-refractivity contribution is 5.95. The van der Waals surface area contributed by atoms with Crippen LogP contribution in [0.3, 0.4) is 0 Å². The number of amides is 1. The molecule has 0 heterocycles. The van der Waals surface area contributed by atoms with Crippen molar-refractivity contribution in [3.05, 3.63) is 78.4 Å². The largest absolute Gasteiger partial charge is 0.493 e. The van der Waals surface area contributed by atoms with E-state index in [4.69, 9.17) is 18.9 Å². The fourth-order valence-corrected chi connectivity index (χ4v) is 2.79. The molecule has 0 atom stereocenters. The number of hydrogen-bond donors (Lipinski definition) is 1. The van der Waals surface area contributed by atoms with E-state index in [9.17, 15) is 14.4 Å². The summed E-state index contributed by atoms with van der Waals surface area (Å²) in [5, 5.41) is 2.64. The number of rotatable bonds is 10. The molecule has 3 aromatic carbocycles. The average Bonchev–Trinajstić information content (AvgIpc) is 2.82. The number of anilines is 1. The van der Waals surface area contributed by atoms with Crippen molar-refractivity contribution in [3.63, 3.8) is 0 Å². The fraction of sp³-hybridized carbons (Fsp3) is 0.160. The second-order valence-electron chi connectivity index (χ2n) is 6.86. The van der Waals surface area contributed by atoms with Crippen molar-refractivity contribution in [2.24, 2.45) is 0 Å². The van der Waals surface area contributed by atoms with Gasteiger partial charge in [-0.25, -0.2) is 4.79 Å². The third-order valence-electron chi connectivity index (χ3n) is 4.38. The number of carbonyl (C=O) groups excluding carboxylic acids is 3. The van der Waals surface area contributed by atoms with Crippen LogP contribution in [-0.4, -0.2) is 38.0 Å². The molecule has 0 aromatic heterocycles. The summed E-state index contributed by atoms with van der Waals surface area (Å²) in [6.07, 6.45) is 0. The van der Waals surface area contributed by atoms with Crippen molar-refractivity contribution >= 4 is 23.3 Å². The fourth-order valence-electron chi connectivity index (χ4n) is 2.79. The number of hydrogen-bond acceptors (Lipinski definition) is 7. The minimum atomic E-state index is -0.732. The Bertz CT molecular complexity index is 1130. The molecule has 0 saturated heterocycles. The Morgan fingerprint density at radius 2 is 1.58 bits per heavy atom. The maximum atomic E-state index is 12.1. The normalized spacial score (nSPS) is 10.1. The van der Waals surface area contributed by atoms with Gasteiger partial charge < -0.3 is 24.3 Å². The first-order chi connectivity index (χ1) is 15.9. The summed E-state index contributed by atoms with van der Waals surface area (Å²) < 4.78 is 21.3. The van der Waals surface area contributed by atoms with Gasteiger partial charge in [-0.05, 0) is 49.4 Å². The van der Waals surface area contributed by atoms with Crippen LogP contribution in [0.25, 0.3) is 0 Å². The number of nitrogens with one attached hydrogen (secondary N) is 1. The van der Waals surface area contributed by atoms with Crippen LogP contribution in [0.15, 0.2) is 72.8 Å². The van der Waals surface area contributed by atoms with Gasteiger partial charge in [-0.2, -0.15) is 0 Å². The number of carbonyl (C=O) groups is 3. The van der Waals surface area contributed by atoms with Crippen molar-refractivity contribution in [3.8, 4) is 23.0 Å². The summed E-state index contributed by atoms with van der Waals surface area (Å²) in [5.41, 5.74) is 0.952. The number of esters is 1. The number of ketones is 1. The standard InChI is InChI=1S/C25H23NO7/c1-17(27)18-11-12-22(23(13-18)30-2)31-16-25(29)32-15-24(28)26-19-7-6-10-21(14-19)33-20-8-4-3-5-9-20/h3-14H,15-16H2,1-2H3,(H,26,28). The van der Waals surface area contributed by atoms with Crippen LogP contribution in [0.5, 0.6) is 23.0 Å². The predicted molar refractivity (Wildman–Crippen MR) is 121 cm³/mol. The maximum Gasteiger partial charge on any atom is 0.344 e. The molecule has 0 aliphatic carbocycles. The van der Waals surface area contributed by atoms with Crippen LogP contribution >= 0.6 is 0 Å². The van der Waals surface area contributed by atoms with Gasteiger partial charge in [0.1, 0.15) is 11.5 Å². The zero-order valence-electron chi connectivity index (χ0n) is 18.2. The van der Waals surface area contributed by atoms with Crippen LogP contribution in [0.1, 0.15) is 17.3 Å². The van der Waals surface area contributed by atoms with E-state index in [1.807, 2.05) is 30.3 Å². The van der Waals surface area contributed by atoms with E-state index in [2.05, 4.69) is 5.32 Å². The minimum absolute atomic E-state index is 0.123. The summed E-state index contributed by atoms with van der Waals surface area (Å²) >= 11 is 0. The first-order valence-corrected chi connectivity index (χ1v) is 10.0. The topological polar surface area (TPSA) is 100 Å². The van der Waals surface area contributed by atoms with E-state index in [1.54, 1.807) is 30.3 Å². The van der Waals surface area contributed by atoms with Crippen LogP contribution in [0.2, 0.25) is 0 Å². The first kappa shape index (κ1) is 23.3. The van der Waals surface area contributed by atoms with E-state index in [1.165, 1.54) is 26.2 Å². The van der Waals surface area contributed by atoms with Gasteiger partial charge in [-0.1, -0.05) is 24.3 Å². The maximum absolute atomic E-state index is 12.1. The molecule has 1 N–H and O–H groups in total. The third kappa shape index (κ3) is 7.10. The minimum Gasteiger partial charge on any atom is -0.493 e. The van der Waals surface area contributed by atoms with Gasteiger partial charge in [0.05, 0.1) is 7.11 Å². The highest BCUT2D eigenvalue weighted by Crippen LogP contribution is 2.28. The molecule has 0 saturated carbocycles. The van der Waals surface area contributed by atoms with Gasteiger partial charge in [0.15, 0.2) is 30.5 Å². The molecular weight excluding hydrogens is 426 g/mol. The van der Waals surface area contributed by atoms with Crippen LogP contribution in [0, 0.1) is 0 Å². The molecule has 0 fully saturated rings. The number of Topliss-reactive ketones (excluding diaryl/α,β-unsaturated/α-hetero) is 1. The van der Waals surface area contributed by atoms with Gasteiger partial charge in [0, 0.05) is 17.3 Å². The van der Waals surface area contributed by atoms with Gasteiger partial charge >= 0.3 is 5.97 Å². The molecule has 3 rings (SSSR count). The van der Waals surface area contributed by atoms with Crippen molar-refractivity contribution < 1.29 is 33.3 Å². The molecule has 0 bridgehead atoms. The zero-order chi connectivity index (χ0) is 23.6. The number of ether oxygens (including phenoxy) is 4. The van der Waals surface area contributed by atoms with Gasteiger partial charge in [0.2, 0.25) is 0 Å². The molecule has 0 radical (unpaired) electrons. The molecule has 170 valence electrons. The van der Waals surface area contributed by atoms with E-state index >= 15 is 0 Å². The lowest BCUT2D eigenvalue weighted by Crippen LogP contribution is -2.23. The van der Waals surface area contributed by atoms with Crippen molar-refractivity contribution in [1.82, 2.24) is 0 Å². The van der Waals surface area contributed by atoms with Crippen molar-refractivity contribution in [2.75, 3.05) is 25.6 Å². The highest BCUT2D eigenvalue weighted by atomic mass is 16.6. The summed E-state index contributed by atoms with van der Waals surface area (Å²) in [6, 6.07) is 20.7. The molecule has 0 unspecified atom stereocenters. The lowest BCUT2D eigenvalue weighted by molar-refractivity contribution is -0.149. The van der Waals surface area contributed by atoms with E-state index in [-0.39, 0.29) is 11.5 Å². The van der Waals surface area contributed by atoms with E-state index in [0.717, 1.165) is 0 Å². The second kappa shape index (κ2) is 11.3. The van der Waals surface area contributed by atoms with Gasteiger partial charge in [0.25, 0.3) is 5.91 Å². The molecule has 3 aromatic rings. The van der Waals surface area contributed by atoms with Crippen LogP contribution in [-0.2, 0) is 14.3 Å². The van der Waals surface area contributed by atoms with Crippen molar-refractivity contribution in [2.45, 2.75) is 6.92 Å². The number of benzene rings is 3. The molecule has 0 aliphatic heterocycles. The van der Waals surface area contributed by atoms with Gasteiger partial charge in [-0.15, -0.1) is 0 Å². The number of methoxy groups -OCH3 is 1. The average molecular weight is 449 g/mol. The Morgan fingerprint density at radius 1 is 0.818 bits per heavy atom. The quantitative estimate of drug-likeness (QED) is 0.365. The molecule has 0 spiro atoms. The van der Waals surface area contributed by atoms with Crippen molar-refractivity contribution in [1.29, 1.82) is 0 Å². The third-order valence-corrected chi connectivity index (χ3v) is 4.38. The van der Waals surface area contributed by atoms with Crippen LogP contribution in [0.4, 0.5) is 5.69 Å². The lowest BCUT2D eigenvalue weighted by Gasteiger charge is -2.12. The Labute approximate surface area is 191 Å². The molecule has 8 heteroatoms. The Balaban J connectivity index is 1.47. The predicted octanol–water partition coefficient (Wildman–Crippen LogP) is 4.25. The SMILES string of the molecule is COc1cc(C(C)=O)ccc1OCC(=O)OCC(=O)Nc1cccc(Oc2ccccc2)c1. The second-order valence-corrected chi connectivity index (χ2v) is 6.86. The molecule has 0 aliphatic rings. The Morgan fingerprint density at radius 3 is 2.30 bits per heavy atom. The first-order valence-electron chi connectivity index (χ1n) is 10.0. The number of para-hydroxylation sites is 1. The highest BCUT2D eigenvalue weighted by Gasteiger charge is 2.13. The Kier molecular flexibility index (Phi) is 8.02. The monoisotopic (exact) mass is 449 g/mol. The summed E-state index contributed by atoms with van der Waals surface area (Å²) in [6.45, 7) is 0.528. The van der Waals surface area contributed by atoms with E-state index in [0.29, 0.717) is 28.5 Å². The molecule has 8 nitrogen and oxygen atoms in total. The molecule has 33 heavy (non-hydrogen) atoms. The summed E-state index contributed by atoms with van der Waals surface area (Å²) in [7, 11) is 1.43. The summed E-state index contributed by atoms with van der Waals surface area (Å²) in [5.74, 6) is 0.441. The Hall–Kier alpha value is -4.33. The smallest absolute Gasteiger partial charge is 0.344 e. The summed E-state index contributed by atoms with van der Waals surface area (Å²) in [4.78, 5) is 35.6. The molecular formula is C25H23NO7.